The van der Waals surface area contributed by atoms with Crippen LogP contribution in [0, 0.1) is 5.41 Å². The lowest BCUT2D eigenvalue weighted by molar-refractivity contribution is -0.155. The highest BCUT2D eigenvalue weighted by molar-refractivity contribution is 5.27. The Hall–Kier alpha value is -1.06. The van der Waals surface area contributed by atoms with E-state index >= 15 is 0 Å². The van der Waals surface area contributed by atoms with Crippen molar-refractivity contribution in [2.45, 2.75) is 65.8 Å². The molecular weight excluding hydrogens is 276 g/mol. The van der Waals surface area contributed by atoms with E-state index in [1.54, 1.807) is 0 Å². The van der Waals surface area contributed by atoms with Crippen LogP contribution in [0.15, 0.2) is 24.3 Å². The average Bonchev–Trinajstić information content (AvgIpc) is 2.47. The molecule has 1 atom stereocenters. The van der Waals surface area contributed by atoms with Crippen molar-refractivity contribution in [3.05, 3.63) is 29.8 Å². The molecule has 3 nitrogen and oxygen atoms in total. The smallest absolute Gasteiger partial charge is 0.200 e. The molecule has 0 N–H and O–H groups in total. The number of hydrogen-bond acceptors (Lipinski definition) is 3. The van der Waals surface area contributed by atoms with E-state index in [1.165, 1.54) is 5.56 Å². The Morgan fingerprint density at radius 2 is 1.77 bits per heavy atom. The molecule has 3 heteroatoms. The van der Waals surface area contributed by atoms with Gasteiger partial charge in [-0.15, -0.1) is 0 Å². The first-order chi connectivity index (χ1) is 10.5. The van der Waals surface area contributed by atoms with Gasteiger partial charge in [-0.2, -0.15) is 0 Å². The fourth-order valence-corrected chi connectivity index (χ4v) is 2.60. The van der Waals surface area contributed by atoms with Gasteiger partial charge in [-0.1, -0.05) is 39.8 Å². The summed E-state index contributed by atoms with van der Waals surface area (Å²) in [5.74, 6) is 0.888. The zero-order valence-electron chi connectivity index (χ0n) is 14.4. The molecule has 124 valence electrons. The lowest BCUT2D eigenvalue weighted by Crippen LogP contribution is -2.34. The number of rotatable bonds is 6. The third-order valence-electron chi connectivity index (χ3n) is 3.89. The van der Waals surface area contributed by atoms with E-state index in [2.05, 4.69) is 39.8 Å². The lowest BCUT2D eigenvalue weighted by Gasteiger charge is -2.31. The van der Waals surface area contributed by atoms with Gasteiger partial charge in [-0.3, -0.25) is 0 Å². The van der Waals surface area contributed by atoms with Crippen molar-refractivity contribution in [1.82, 2.24) is 0 Å². The molecule has 1 fully saturated rings. The van der Waals surface area contributed by atoms with Crippen molar-refractivity contribution in [2.75, 3.05) is 13.2 Å². The van der Waals surface area contributed by atoms with Gasteiger partial charge in [0.2, 0.25) is 6.29 Å². The Bertz CT molecular complexity index is 427. The standard InChI is InChI=1S/C19H30O3/c1-5-15-6-8-16(9-7-15)21-18(14-19(2,3)4)22-17-10-12-20-13-11-17/h6-9,17-18H,5,10-14H2,1-4H3. The highest BCUT2D eigenvalue weighted by Crippen LogP contribution is 2.27. The normalized spacial score (nSPS) is 18.2. The molecule has 1 aromatic carbocycles. The van der Waals surface area contributed by atoms with Gasteiger partial charge in [0.15, 0.2) is 0 Å². The van der Waals surface area contributed by atoms with Crippen LogP contribution in [0.5, 0.6) is 5.75 Å². The molecule has 0 saturated carbocycles. The van der Waals surface area contributed by atoms with Gasteiger partial charge in [-0.05, 0) is 42.4 Å². The first-order valence-electron chi connectivity index (χ1n) is 8.45. The highest BCUT2D eigenvalue weighted by atomic mass is 16.7. The monoisotopic (exact) mass is 306 g/mol. The molecular formula is C19H30O3. The molecule has 0 spiro atoms. The molecule has 1 aliphatic heterocycles. The summed E-state index contributed by atoms with van der Waals surface area (Å²) in [4.78, 5) is 0. The minimum absolute atomic E-state index is 0.166. The van der Waals surface area contributed by atoms with Crippen LogP contribution in [-0.2, 0) is 15.9 Å². The van der Waals surface area contributed by atoms with Gasteiger partial charge in [0.25, 0.3) is 0 Å². The van der Waals surface area contributed by atoms with Crippen molar-refractivity contribution in [2.24, 2.45) is 5.41 Å². The molecule has 22 heavy (non-hydrogen) atoms. The maximum atomic E-state index is 6.23. The molecule has 0 radical (unpaired) electrons. The van der Waals surface area contributed by atoms with Gasteiger partial charge < -0.3 is 14.2 Å². The second-order valence-electron chi connectivity index (χ2n) is 7.26. The molecule has 0 amide bonds. The van der Waals surface area contributed by atoms with Crippen LogP contribution >= 0.6 is 0 Å². The summed E-state index contributed by atoms with van der Waals surface area (Å²) in [5, 5.41) is 0. The van der Waals surface area contributed by atoms with E-state index in [4.69, 9.17) is 14.2 Å². The van der Waals surface area contributed by atoms with Gasteiger partial charge in [0.1, 0.15) is 5.75 Å². The number of ether oxygens (including phenoxy) is 3. The van der Waals surface area contributed by atoms with E-state index in [-0.39, 0.29) is 17.8 Å². The SMILES string of the molecule is CCc1ccc(OC(CC(C)(C)C)OC2CCOCC2)cc1. The molecule has 1 aromatic rings. The van der Waals surface area contributed by atoms with Crippen LogP contribution < -0.4 is 4.74 Å². The summed E-state index contributed by atoms with van der Waals surface area (Å²) in [6.45, 7) is 10.4. The van der Waals surface area contributed by atoms with Crippen LogP contribution in [0.25, 0.3) is 0 Å². The molecule has 1 saturated heterocycles. The van der Waals surface area contributed by atoms with E-state index in [0.29, 0.717) is 0 Å². The second-order valence-corrected chi connectivity index (χ2v) is 7.26. The summed E-state index contributed by atoms with van der Waals surface area (Å²) < 4.78 is 17.8. The van der Waals surface area contributed by atoms with Crippen LogP contribution in [0.3, 0.4) is 0 Å². The predicted molar refractivity (Wildman–Crippen MR) is 89.2 cm³/mol. The van der Waals surface area contributed by atoms with Crippen molar-refractivity contribution in [3.63, 3.8) is 0 Å². The number of benzene rings is 1. The summed E-state index contributed by atoms with van der Waals surface area (Å²) in [7, 11) is 0. The Balaban J connectivity index is 1.98. The van der Waals surface area contributed by atoms with E-state index in [0.717, 1.165) is 44.6 Å². The summed E-state index contributed by atoms with van der Waals surface area (Å²) in [6, 6.07) is 8.33. The van der Waals surface area contributed by atoms with Crippen LogP contribution in [-0.4, -0.2) is 25.6 Å². The molecule has 0 aliphatic carbocycles. The van der Waals surface area contributed by atoms with Gasteiger partial charge >= 0.3 is 0 Å². The maximum absolute atomic E-state index is 6.23. The molecule has 2 rings (SSSR count). The van der Waals surface area contributed by atoms with Crippen LogP contribution in [0.4, 0.5) is 0 Å². The third kappa shape index (κ3) is 5.98. The van der Waals surface area contributed by atoms with Gasteiger partial charge in [0.05, 0.1) is 6.10 Å². The van der Waals surface area contributed by atoms with E-state index in [9.17, 15) is 0 Å². The molecule has 1 unspecified atom stereocenters. The first kappa shape index (κ1) is 17.3. The molecule has 0 aromatic heterocycles. The molecule has 0 bridgehead atoms. The number of aryl methyl sites for hydroxylation is 1. The minimum Gasteiger partial charge on any atom is -0.465 e. The summed E-state index contributed by atoms with van der Waals surface area (Å²) >= 11 is 0. The Labute approximate surface area is 135 Å². The van der Waals surface area contributed by atoms with E-state index < -0.39 is 0 Å². The maximum Gasteiger partial charge on any atom is 0.200 e. The fraction of sp³-hybridized carbons (Fsp3) is 0.684. The second kappa shape index (κ2) is 7.98. The van der Waals surface area contributed by atoms with Gasteiger partial charge in [-0.25, -0.2) is 0 Å². The molecule has 1 aliphatic rings. The zero-order valence-corrected chi connectivity index (χ0v) is 14.4. The van der Waals surface area contributed by atoms with E-state index in [1.807, 2.05) is 12.1 Å². The average molecular weight is 306 g/mol. The minimum atomic E-state index is -0.199. The van der Waals surface area contributed by atoms with Crippen molar-refractivity contribution < 1.29 is 14.2 Å². The van der Waals surface area contributed by atoms with Crippen molar-refractivity contribution in [1.29, 1.82) is 0 Å². The first-order valence-corrected chi connectivity index (χ1v) is 8.45. The highest BCUT2D eigenvalue weighted by Gasteiger charge is 2.25. The molecule has 1 heterocycles. The zero-order chi connectivity index (χ0) is 16.0. The summed E-state index contributed by atoms with van der Waals surface area (Å²) in [6.07, 6.45) is 3.88. The number of hydrogen-bond donors (Lipinski definition) is 0. The van der Waals surface area contributed by atoms with Crippen LogP contribution in [0.2, 0.25) is 0 Å². The summed E-state index contributed by atoms with van der Waals surface area (Å²) in [5.41, 5.74) is 1.49. The topological polar surface area (TPSA) is 27.7 Å². The van der Waals surface area contributed by atoms with Crippen molar-refractivity contribution in [3.8, 4) is 5.75 Å². The lowest BCUT2D eigenvalue weighted by atomic mass is 9.92. The van der Waals surface area contributed by atoms with Crippen LogP contribution in [0.1, 0.15) is 52.5 Å². The largest absolute Gasteiger partial charge is 0.465 e. The van der Waals surface area contributed by atoms with Crippen molar-refractivity contribution >= 4 is 0 Å². The predicted octanol–water partition coefficient (Wildman–Crippen LogP) is 4.59. The fourth-order valence-electron chi connectivity index (χ4n) is 2.60. The Morgan fingerprint density at radius 3 is 2.32 bits per heavy atom. The Kier molecular flexibility index (Phi) is 6.27. The third-order valence-corrected chi connectivity index (χ3v) is 3.89. The Morgan fingerprint density at radius 1 is 1.14 bits per heavy atom. The quantitative estimate of drug-likeness (QED) is 0.720. The van der Waals surface area contributed by atoms with Gasteiger partial charge in [0, 0.05) is 19.6 Å².